The Morgan fingerprint density at radius 3 is 2.95 bits per heavy atom. The van der Waals surface area contributed by atoms with Crippen molar-refractivity contribution in [1.29, 1.82) is 0 Å². The molecule has 7 heteroatoms. The third-order valence-corrected chi connectivity index (χ3v) is 2.95. The molecule has 0 bridgehead atoms. The lowest BCUT2D eigenvalue weighted by atomic mass is 10.4. The Morgan fingerprint density at radius 2 is 2.30 bits per heavy atom. The molecule has 106 valence electrons. The van der Waals surface area contributed by atoms with Crippen LogP contribution in [0.4, 0.5) is 5.82 Å². The van der Waals surface area contributed by atoms with E-state index in [0.717, 1.165) is 5.82 Å². The predicted molar refractivity (Wildman–Crippen MR) is 77.8 cm³/mol. The molecule has 2 N–H and O–H groups in total. The number of amides is 1. The van der Waals surface area contributed by atoms with Crippen LogP contribution >= 0.6 is 11.6 Å². The van der Waals surface area contributed by atoms with Crippen LogP contribution < -0.4 is 10.2 Å². The van der Waals surface area contributed by atoms with Gasteiger partial charge in [0.15, 0.2) is 0 Å². The molecule has 2 aromatic rings. The average molecular weight is 294 g/mol. The van der Waals surface area contributed by atoms with Gasteiger partial charge in [-0.1, -0.05) is 11.6 Å². The Bertz CT molecular complexity index is 540. The highest BCUT2D eigenvalue weighted by molar-refractivity contribution is 6.30. The summed E-state index contributed by atoms with van der Waals surface area (Å²) < 4.78 is 0. The maximum atomic E-state index is 11.8. The van der Waals surface area contributed by atoms with Crippen LogP contribution in [0, 0.1) is 0 Å². The van der Waals surface area contributed by atoms with Crippen LogP contribution in [0.15, 0.2) is 30.7 Å². The van der Waals surface area contributed by atoms with Crippen molar-refractivity contribution in [3.63, 3.8) is 0 Å². The third-order valence-electron chi connectivity index (χ3n) is 2.72. The zero-order chi connectivity index (χ0) is 14.4. The summed E-state index contributed by atoms with van der Waals surface area (Å²) in [5.74, 6) is 1.50. The highest BCUT2D eigenvalue weighted by Crippen LogP contribution is 2.12. The first-order valence-corrected chi connectivity index (χ1v) is 6.60. The number of aromatic nitrogens is 3. The van der Waals surface area contributed by atoms with Crippen molar-refractivity contribution >= 4 is 23.3 Å². The number of nitrogens with zero attached hydrogens (tertiary/aromatic N) is 3. The molecule has 20 heavy (non-hydrogen) atoms. The molecule has 0 aliphatic rings. The number of hydrogen-bond donors (Lipinski definition) is 2. The van der Waals surface area contributed by atoms with Crippen LogP contribution in [-0.4, -0.2) is 41.0 Å². The minimum Gasteiger partial charge on any atom is -0.354 e. The number of anilines is 1. The summed E-state index contributed by atoms with van der Waals surface area (Å²) in [4.78, 5) is 24.8. The van der Waals surface area contributed by atoms with E-state index in [9.17, 15) is 4.79 Å². The molecule has 6 nitrogen and oxygen atoms in total. The Labute approximate surface area is 122 Å². The molecular weight excluding hydrogens is 278 g/mol. The second-order valence-electron chi connectivity index (χ2n) is 4.33. The lowest BCUT2D eigenvalue weighted by Gasteiger charge is -2.17. The summed E-state index contributed by atoms with van der Waals surface area (Å²) in [6.45, 7) is 0.793. The number of carbonyl (C=O) groups is 1. The highest BCUT2D eigenvalue weighted by atomic mass is 35.5. The molecular formula is C13H16ClN5O. The van der Waals surface area contributed by atoms with E-state index in [1.165, 1.54) is 0 Å². The van der Waals surface area contributed by atoms with Gasteiger partial charge in [-0.3, -0.25) is 4.79 Å². The number of carbonyl (C=O) groups excluding carboxylic acids is 1. The zero-order valence-electron chi connectivity index (χ0n) is 11.1. The summed E-state index contributed by atoms with van der Waals surface area (Å²) in [6, 6.07) is 3.52. The largest absolute Gasteiger partial charge is 0.354 e. The summed E-state index contributed by atoms with van der Waals surface area (Å²) in [5, 5.41) is 3.41. The van der Waals surface area contributed by atoms with E-state index in [1.807, 2.05) is 7.05 Å². The SMILES string of the molecule is CN(CC(=O)NCCc1ncc[nH]1)c1ccc(Cl)cn1. The van der Waals surface area contributed by atoms with Crippen molar-refractivity contribution < 1.29 is 4.79 Å². The number of hydrogen-bond acceptors (Lipinski definition) is 4. The van der Waals surface area contributed by atoms with Gasteiger partial charge in [0, 0.05) is 38.6 Å². The first kappa shape index (κ1) is 14.3. The predicted octanol–water partition coefficient (Wildman–Crippen LogP) is 1.25. The van der Waals surface area contributed by atoms with Crippen LogP contribution in [0.25, 0.3) is 0 Å². The van der Waals surface area contributed by atoms with Crippen LogP contribution in [0.3, 0.4) is 0 Å². The zero-order valence-corrected chi connectivity index (χ0v) is 11.9. The van der Waals surface area contributed by atoms with Gasteiger partial charge in [0.1, 0.15) is 11.6 Å². The second-order valence-corrected chi connectivity index (χ2v) is 4.76. The molecule has 2 aromatic heterocycles. The molecule has 2 rings (SSSR count). The minimum absolute atomic E-state index is 0.0594. The third kappa shape index (κ3) is 4.24. The highest BCUT2D eigenvalue weighted by Gasteiger charge is 2.08. The molecule has 0 unspecified atom stereocenters. The monoisotopic (exact) mass is 293 g/mol. The maximum absolute atomic E-state index is 11.8. The van der Waals surface area contributed by atoms with E-state index in [2.05, 4.69) is 20.3 Å². The number of likely N-dealkylation sites (N-methyl/N-ethyl adjacent to an activating group) is 1. The Balaban J connectivity index is 1.74. The van der Waals surface area contributed by atoms with Crippen molar-refractivity contribution in [2.24, 2.45) is 0 Å². The standard InChI is InChI=1S/C13H16ClN5O/c1-19(12-3-2-10(14)8-18-12)9-13(20)17-5-4-11-15-6-7-16-11/h2-3,6-8H,4-5,9H2,1H3,(H,15,16)(H,17,20). The fourth-order valence-electron chi connectivity index (χ4n) is 1.70. The second kappa shape index (κ2) is 6.91. The molecule has 2 heterocycles. The number of halogens is 1. The fourth-order valence-corrected chi connectivity index (χ4v) is 1.81. The van der Waals surface area contributed by atoms with Crippen molar-refractivity contribution in [2.75, 3.05) is 25.0 Å². The van der Waals surface area contributed by atoms with Crippen LogP contribution in [0.2, 0.25) is 5.02 Å². The Kier molecular flexibility index (Phi) is 4.95. The van der Waals surface area contributed by atoms with Crippen molar-refractivity contribution in [2.45, 2.75) is 6.42 Å². The van der Waals surface area contributed by atoms with Crippen LogP contribution in [0.1, 0.15) is 5.82 Å². The molecule has 1 amide bonds. The lowest BCUT2D eigenvalue weighted by molar-refractivity contribution is -0.119. The number of nitrogens with one attached hydrogen (secondary N) is 2. The first-order valence-electron chi connectivity index (χ1n) is 6.23. The van der Waals surface area contributed by atoms with Gasteiger partial charge in [0.25, 0.3) is 0 Å². The molecule has 0 aliphatic carbocycles. The van der Waals surface area contributed by atoms with Gasteiger partial charge >= 0.3 is 0 Å². The van der Waals surface area contributed by atoms with Crippen molar-refractivity contribution in [1.82, 2.24) is 20.3 Å². The number of H-pyrrole nitrogens is 1. The van der Waals surface area contributed by atoms with Gasteiger partial charge in [0.05, 0.1) is 11.6 Å². The molecule has 0 atom stereocenters. The molecule has 0 aromatic carbocycles. The summed E-state index contributed by atoms with van der Waals surface area (Å²) in [7, 11) is 1.81. The van der Waals surface area contributed by atoms with Gasteiger partial charge < -0.3 is 15.2 Å². The molecule has 0 aliphatic heterocycles. The number of pyridine rings is 1. The van der Waals surface area contributed by atoms with E-state index in [0.29, 0.717) is 23.8 Å². The topological polar surface area (TPSA) is 73.9 Å². The van der Waals surface area contributed by atoms with Crippen LogP contribution in [-0.2, 0) is 11.2 Å². The van der Waals surface area contributed by atoms with Gasteiger partial charge in [-0.2, -0.15) is 0 Å². The molecule has 0 spiro atoms. The Morgan fingerprint density at radius 1 is 1.45 bits per heavy atom. The van der Waals surface area contributed by atoms with E-state index >= 15 is 0 Å². The van der Waals surface area contributed by atoms with Gasteiger partial charge in [-0.25, -0.2) is 9.97 Å². The lowest BCUT2D eigenvalue weighted by Crippen LogP contribution is -2.36. The number of aromatic amines is 1. The number of rotatable bonds is 6. The molecule has 0 saturated heterocycles. The molecule has 0 saturated carbocycles. The summed E-state index contributed by atoms with van der Waals surface area (Å²) in [6.07, 6.45) is 5.69. The van der Waals surface area contributed by atoms with Crippen LogP contribution in [0.5, 0.6) is 0 Å². The van der Waals surface area contributed by atoms with E-state index in [4.69, 9.17) is 11.6 Å². The van der Waals surface area contributed by atoms with Crippen molar-refractivity contribution in [3.8, 4) is 0 Å². The van der Waals surface area contributed by atoms with E-state index in [1.54, 1.807) is 35.6 Å². The molecule has 0 radical (unpaired) electrons. The number of imidazole rings is 1. The minimum atomic E-state index is -0.0594. The van der Waals surface area contributed by atoms with Gasteiger partial charge in [-0.15, -0.1) is 0 Å². The fraction of sp³-hybridized carbons (Fsp3) is 0.308. The summed E-state index contributed by atoms with van der Waals surface area (Å²) in [5.41, 5.74) is 0. The first-order chi connectivity index (χ1) is 9.65. The van der Waals surface area contributed by atoms with Crippen molar-refractivity contribution in [3.05, 3.63) is 41.6 Å². The van der Waals surface area contributed by atoms with Gasteiger partial charge in [0.2, 0.25) is 5.91 Å². The smallest absolute Gasteiger partial charge is 0.239 e. The quantitative estimate of drug-likeness (QED) is 0.841. The summed E-state index contributed by atoms with van der Waals surface area (Å²) >= 11 is 5.77. The van der Waals surface area contributed by atoms with Gasteiger partial charge in [-0.05, 0) is 12.1 Å². The molecule has 0 fully saturated rings. The van der Waals surface area contributed by atoms with E-state index < -0.39 is 0 Å². The maximum Gasteiger partial charge on any atom is 0.239 e. The normalized spacial score (nSPS) is 10.3. The average Bonchev–Trinajstić information content (AvgIpc) is 2.92. The van der Waals surface area contributed by atoms with E-state index in [-0.39, 0.29) is 12.5 Å². The Hall–Kier alpha value is -2.08.